The van der Waals surface area contributed by atoms with Crippen molar-refractivity contribution in [3.05, 3.63) is 141 Å². The lowest BCUT2D eigenvalue weighted by Crippen LogP contribution is -2.48. The average molecular weight is 1010 g/mol. The minimum Gasteiger partial charge on any atom is -0.511 e. The maximum Gasteiger partial charge on any atom is 0.416 e. The Morgan fingerprint density at radius 3 is 1.61 bits per heavy atom. The zero-order valence-corrected chi connectivity index (χ0v) is 38.6. The number of ketones is 1. The van der Waals surface area contributed by atoms with Crippen LogP contribution in [0.2, 0.25) is 0 Å². The number of hydrogen-bond acceptors (Lipinski definition) is 6. The minimum atomic E-state index is -5.53. The van der Waals surface area contributed by atoms with Gasteiger partial charge in [0, 0.05) is 31.0 Å². The fourth-order valence-electron chi connectivity index (χ4n) is 8.87. The van der Waals surface area contributed by atoms with Gasteiger partial charge in [-0.1, -0.05) is 76.2 Å². The van der Waals surface area contributed by atoms with Crippen LogP contribution in [0.1, 0.15) is 123 Å². The summed E-state index contributed by atoms with van der Waals surface area (Å²) in [6, 6.07) is 9.70. The number of rotatable bonds is 15. The number of carbonyl (C=O) groups excluding carboxylic acids is 3. The number of allylic oxidation sites excluding steroid dienone is 2. The molecular weight excluding hydrogens is 963 g/mol. The molecule has 1 unspecified atom stereocenters. The molecule has 71 heavy (non-hydrogen) atoms. The van der Waals surface area contributed by atoms with E-state index >= 15 is 0 Å². The van der Waals surface area contributed by atoms with Crippen LogP contribution in [0.3, 0.4) is 0 Å². The van der Waals surface area contributed by atoms with Crippen LogP contribution < -0.4 is 10.6 Å². The summed E-state index contributed by atoms with van der Waals surface area (Å²) in [6.45, 7) is 7.04. The first kappa shape index (κ1) is 54.0. The lowest BCUT2D eigenvalue weighted by Gasteiger charge is -2.30. The number of ether oxygens (including phenoxy) is 1. The van der Waals surface area contributed by atoms with Crippen LogP contribution in [0.25, 0.3) is 11.1 Å². The smallest absolute Gasteiger partial charge is 0.416 e. The molecule has 2 aliphatic carbocycles. The summed E-state index contributed by atoms with van der Waals surface area (Å²) in [6.07, 6.45) is -23.1. The Morgan fingerprint density at radius 2 is 1.17 bits per heavy atom. The fourth-order valence-corrected chi connectivity index (χ4v) is 8.87. The molecule has 6 rings (SSSR count). The van der Waals surface area contributed by atoms with Crippen LogP contribution in [-0.2, 0) is 39.0 Å². The van der Waals surface area contributed by atoms with Gasteiger partial charge in [-0.05, 0) is 107 Å². The van der Waals surface area contributed by atoms with Gasteiger partial charge in [0.1, 0.15) is 18.4 Å². The maximum absolute atomic E-state index is 14.4. The van der Waals surface area contributed by atoms with Gasteiger partial charge < -0.3 is 20.5 Å². The summed E-state index contributed by atoms with van der Waals surface area (Å²) in [4.78, 5) is 45.8. The molecular formula is C51H49F12N3O5. The highest BCUT2D eigenvalue weighted by atomic mass is 19.4. The summed E-state index contributed by atoms with van der Waals surface area (Å²) >= 11 is 0. The molecule has 2 amide bonds. The number of fused-ring (bicyclic) bond motifs is 3. The lowest BCUT2D eigenvalue weighted by molar-refractivity contribution is -0.144. The molecule has 1 atom stereocenters. The van der Waals surface area contributed by atoms with E-state index < -0.39 is 99.9 Å². The van der Waals surface area contributed by atoms with Crippen molar-refractivity contribution in [2.75, 3.05) is 13.2 Å². The standard InChI is InChI=1S/C51H49F12N3O5/c1-27(2)17-40(43-41(67)24-47(3,4)25-42(43)68)64-16-10-9-15-39(65-46(70)71-26-38-36-13-7-5-11-34(36)35-12-6-8-14-37(35)38)45(69)66-44(28-18-30(48(52,53)54)22-31(19-28)49(55,56)57)29-20-32(50(58,59)60)23-33(21-29)51(61,62)63/h5-8,11-14,18-23,27,38-39,44,67H,9-10,15-17,24-26H2,1-4H3,(H,65,70)(H,66,69). The van der Waals surface area contributed by atoms with Crippen molar-refractivity contribution in [1.82, 2.24) is 10.6 Å². The number of carbonyl (C=O) groups is 3. The van der Waals surface area contributed by atoms with E-state index in [9.17, 15) is 72.2 Å². The molecule has 0 fully saturated rings. The molecule has 0 saturated carbocycles. The average Bonchev–Trinajstić information content (AvgIpc) is 3.57. The van der Waals surface area contributed by atoms with Gasteiger partial charge in [0.05, 0.1) is 33.9 Å². The fraction of sp³-hybridized carbons (Fsp3) is 0.412. The number of hydrogen-bond donors (Lipinski definition) is 3. The Kier molecular flexibility index (Phi) is 15.8. The monoisotopic (exact) mass is 1010 g/mol. The van der Waals surface area contributed by atoms with Crippen molar-refractivity contribution in [3.8, 4) is 11.1 Å². The normalized spacial score (nSPS) is 16.0. The highest BCUT2D eigenvalue weighted by molar-refractivity contribution is 6.23. The molecule has 3 N–H and O–H groups in total. The molecule has 4 aromatic carbocycles. The zero-order chi connectivity index (χ0) is 52.4. The van der Waals surface area contributed by atoms with Gasteiger partial charge in [0.2, 0.25) is 5.91 Å². The predicted molar refractivity (Wildman–Crippen MR) is 238 cm³/mol. The Bertz CT molecular complexity index is 2520. The van der Waals surface area contributed by atoms with E-state index in [1.807, 2.05) is 64.1 Å². The highest BCUT2D eigenvalue weighted by Gasteiger charge is 2.42. The molecule has 4 aromatic rings. The molecule has 0 heterocycles. The summed E-state index contributed by atoms with van der Waals surface area (Å²) in [7, 11) is 0. The maximum atomic E-state index is 14.4. The summed E-state index contributed by atoms with van der Waals surface area (Å²) in [5, 5.41) is 15.3. The number of amides is 2. The topological polar surface area (TPSA) is 117 Å². The Labute approximate surface area is 400 Å². The van der Waals surface area contributed by atoms with Crippen molar-refractivity contribution < 1.29 is 76.9 Å². The highest BCUT2D eigenvalue weighted by Crippen LogP contribution is 2.45. The second-order valence-electron chi connectivity index (χ2n) is 18.8. The molecule has 20 heteroatoms. The molecule has 0 saturated heterocycles. The number of benzene rings is 4. The van der Waals surface area contributed by atoms with Gasteiger partial charge in [0.15, 0.2) is 5.78 Å². The summed E-state index contributed by atoms with van der Waals surface area (Å²) < 4.78 is 176. The van der Waals surface area contributed by atoms with E-state index in [1.54, 1.807) is 12.1 Å². The molecule has 2 aliphatic rings. The van der Waals surface area contributed by atoms with Crippen molar-refractivity contribution in [1.29, 1.82) is 0 Å². The number of alkyl carbamates (subject to hydrolysis) is 1. The van der Waals surface area contributed by atoms with E-state index in [2.05, 4.69) is 15.6 Å². The number of nitrogens with zero attached hydrogens (tertiary/aromatic N) is 1. The molecule has 8 nitrogen and oxygen atoms in total. The van der Waals surface area contributed by atoms with Crippen LogP contribution in [0, 0.1) is 11.3 Å². The van der Waals surface area contributed by atoms with Gasteiger partial charge in [-0.25, -0.2) is 4.79 Å². The lowest BCUT2D eigenvalue weighted by atomic mass is 9.75. The third-order valence-corrected chi connectivity index (χ3v) is 12.1. The van der Waals surface area contributed by atoms with Crippen LogP contribution in [0.15, 0.2) is 101 Å². The number of unbranched alkanes of at least 4 members (excludes halogenated alkanes) is 1. The van der Waals surface area contributed by atoms with Crippen LogP contribution in [0.4, 0.5) is 57.5 Å². The first-order chi connectivity index (χ1) is 32.9. The molecule has 0 aromatic heterocycles. The number of nitrogens with one attached hydrogen (secondary N) is 2. The SMILES string of the molecule is CC(C)CC(=NCCCCC(NC(=O)OCC1c2ccccc2-c2ccccc21)C(=O)NC(c1cc(C(F)(F)F)cc(C(F)(F)F)c1)c1cc(C(F)(F)F)cc(C(F)(F)F)c1)C1=C(O)CC(C)(C)CC1=O. The zero-order valence-electron chi connectivity index (χ0n) is 38.6. The summed E-state index contributed by atoms with van der Waals surface area (Å²) in [5.74, 6) is -2.41. The number of aliphatic imine (C=N–C) groups is 1. The third kappa shape index (κ3) is 13.3. The predicted octanol–water partition coefficient (Wildman–Crippen LogP) is 13.7. The third-order valence-electron chi connectivity index (χ3n) is 12.1. The van der Waals surface area contributed by atoms with Gasteiger partial charge in [-0.3, -0.25) is 14.6 Å². The molecule has 0 radical (unpaired) electrons. The van der Waals surface area contributed by atoms with E-state index in [0.717, 1.165) is 22.3 Å². The minimum absolute atomic E-state index is 0.0210. The second-order valence-corrected chi connectivity index (χ2v) is 18.8. The molecule has 0 spiro atoms. The Morgan fingerprint density at radius 1 is 0.704 bits per heavy atom. The Balaban J connectivity index is 1.36. The number of halogens is 12. The van der Waals surface area contributed by atoms with E-state index in [0.29, 0.717) is 12.1 Å². The van der Waals surface area contributed by atoms with E-state index in [-0.39, 0.29) is 98.3 Å². The van der Waals surface area contributed by atoms with Crippen molar-refractivity contribution in [2.24, 2.45) is 16.3 Å². The van der Waals surface area contributed by atoms with Crippen molar-refractivity contribution in [2.45, 2.75) is 109 Å². The first-order valence-corrected chi connectivity index (χ1v) is 22.4. The Hall–Kier alpha value is -6.34. The summed E-state index contributed by atoms with van der Waals surface area (Å²) in [5.41, 5.74) is -7.15. The number of Topliss-reactive ketones (excluding diaryl/α,β-unsaturated/α-hetero) is 1. The molecule has 0 aliphatic heterocycles. The van der Waals surface area contributed by atoms with Crippen LogP contribution in [-0.4, -0.2) is 47.8 Å². The van der Waals surface area contributed by atoms with Gasteiger partial charge in [0.25, 0.3) is 0 Å². The van der Waals surface area contributed by atoms with Gasteiger partial charge in [-0.2, -0.15) is 52.7 Å². The molecule has 0 bridgehead atoms. The van der Waals surface area contributed by atoms with Crippen LogP contribution >= 0.6 is 0 Å². The van der Waals surface area contributed by atoms with E-state index in [4.69, 9.17) is 4.74 Å². The second kappa shape index (κ2) is 20.8. The largest absolute Gasteiger partial charge is 0.511 e. The van der Waals surface area contributed by atoms with Gasteiger partial charge in [-0.15, -0.1) is 0 Å². The number of alkyl halides is 12. The number of aliphatic hydroxyl groups is 1. The van der Waals surface area contributed by atoms with Crippen molar-refractivity contribution >= 4 is 23.5 Å². The first-order valence-electron chi connectivity index (χ1n) is 22.4. The quantitative estimate of drug-likeness (QED) is 0.0623. The van der Waals surface area contributed by atoms with Crippen LogP contribution in [0.5, 0.6) is 0 Å². The van der Waals surface area contributed by atoms with Crippen molar-refractivity contribution in [3.63, 3.8) is 0 Å². The van der Waals surface area contributed by atoms with E-state index in [1.165, 1.54) is 0 Å². The van der Waals surface area contributed by atoms with Gasteiger partial charge >= 0.3 is 30.8 Å². The molecule has 382 valence electrons. The number of aliphatic hydroxyl groups excluding tert-OH is 1.